The lowest BCUT2D eigenvalue weighted by molar-refractivity contribution is -0.146. The molecule has 2 rings (SSSR count). The molecule has 4 heteroatoms. The van der Waals surface area contributed by atoms with Gasteiger partial charge in [0.1, 0.15) is 5.54 Å². The smallest absolute Gasteiger partial charge is 0.325 e. The summed E-state index contributed by atoms with van der Waals surface area (Å²) in [5.41, 5.74) is 7.98. The summed E-state index contributed by atoms with van der Waals surface area (Å²) >= 11 is 0. The van der Waals surface area contributed by atoms with Gasteiger partial charge in [0.25, 0.3) is 0 Å². The fraction of sp³-hybridized carbons (Fsp3) is 0.562. The molecule has 1 aliphatic heterocycles. The van der Waals surface area contributed by atoms with Crippen LogP contribution in [-0.2, 0) is 22.5 Å². The third-order valence-electron chi connectivity index (χ3n) is 4.03. The van der Waals surface area contributed by atoms with Gasteiger partial charge in [-0.25, -0.2) is 0 Å². The average Bonchev–Trinajstić information content (AvgIpc) is 2.46. The first-order valence-electron chi connectivity index (χ1n) is 7.19. The second-order valence-electron chi connectivity index (χ2n) is 5.81. The topological polar surface area (TPSA) is 55.6 Å². The molecule has 1 atom stereocenters. The number of hydrogen-bond acceptors (Lipinski definition) is 4. The van der Waals surface area contributed by atoms with Crippen LogP contribution in [0.3, 0.4) is 0 Å². The van der Waals surface area contributed by atoms with E-state index in [1.54, 1.807) is 6.92 Å². The summed E-state index contributed by atoms with van der Waals surface area (Å²) in [4.78, 5) is 13.9. The van der Waals surface area contributed by atoms with Gasteiger partial charge in [-0.3, -0.25) is 9.69 Å². The zero-order chi connectivity index (χ0) is 14.6. The van der Waals surface area contributed by atoms with Crippen molar-refractivity contribution in [2.24, 2.45) is 5.73 Å². The van der Waals surface area contributed by atoms with E-state index in [1.807, 2.05) is 0 Å². The highest BCUT2D eigenvalue weighted by Gasteiger charge is 2.29. The van der Waals surface area contributed by atoms with Gasteiger partial charge in [-0.2, -0.15) is 0 Å². The van der Waals surface area contributed by atoms with Crippen molar-refractivity contribution in [1.29, 1.82) is 0 Å². The summed E-state index contributed by atoms with van der Waals surface area (Å²) < 4.78 is 4.73. The van der Waals surface area contributed by atoms with Gasteiger partial charge < -0.3 is 10.5 Å². The van der Waals surface area contributed by atoms with Crippen molar-refractivity contribution in [3.63, 3.8) is 0 Å². The lowest BCUT2D eigenvalue weighted by atomic mass is 9.96. The predicted octanol–water partition coefficient (Wildman–Crippen LogP) is 1.72. The molecule has 0 spiro atoms. The molecule has 0 saturated heterocycles. The number of carbonyl (C=O) groups excluding carboxylic acids is 1. The molecule has 0 amide bonds. The monoisotopic (exact) mass is 276 g/mol. The average molecular weight is 276 g/mol. The summed E-state index contributed by atoms with van der Waals surface area (Å²) in [6.45, 7) is 4.79. The Balaban J connectivity index is 1.81. The molecule has 2 N–H and O–H groups in total. The van der Waals surface area contributed by atoms with E-state index in [0.717, 1.165) is 32.5 Å². The van der Waals surface area contributed by atoms with Crippen LogP contribution in [0.4, 0.5) is 0 Å². The van der Waals surface area contributed by atoms with Crippen LogP contribution in [-0.4, -0.2) is 36.6 Å². The van der Waals surface area contributed by atoms with Gasteiger partial charge >= 0.3 is 5.97 Å². The predicted molar refractivity (Wildman–Crippen MR) is 79.3 cm³/mol. The summed E-state index contributed by atoms with van der Waals surface area (Å²) in [5.74, 6) is -0.332. The number of nitrogens with zero attached hydrogens (tertiary/aromatic N) is 1. The quantitative estimate of drug-likeness (QED) is 0.832. The maximum atomic E-state index is 11.5. The highest BCUT2D eigenvalue weighted by atomic mass is 16.5. The molecule has 0 saturated carbocycles. The molecular weight excluding hydrogens is 252 g/mol. The Kier molecular flexibility index (Phi) is 4.78. The van der Waals surface area contributed by atoms with Crippen molar-refractivity contribution in [3.05, 3.63) is 35.4 Å². The van der Waals surface area contributed by atoms with Crippen molar-refractivity contribution in [2.75, 3.05) is 20.2 Å². The highest BCUT2D eigenvalue weighted by Crippen LogP contribution is 2.19. The molecule has 1 unspecified atom stereocenters. The second kappa shape index (κ2) is 6.37. The van der Waals surface area contributed by atoms with Crippen LogP contribution in [0.25, 0.3) is 0 Å². The molecule has 1 aliphatic rings. The van der Waals surface area contributed by atoms with E-state index in [0.29, 0.717) is 6.42 Å². The van der Waals surface area contributed by atoms with Crippen LogP contribution >= 0.6 is 0 Å². The van der Waals surface area contributed by atoms with Crippen LogP contribution < -0.4 is 5.73 Å². The Morgan fingerprint density at radius 1 is 1.40 bits per heavy atom. The molecule has 0 radical (unpaired) electrons. The standard InChI is InChI=1S/C16H24N2O2/c1-16(17,15(19)20-2)9-5-10-18-11-8-13-6-3-4-7-14(13)12-18/h3-4,6-7H,5,8-12,17H2,1-2H3. The SMILES string of the molecule is COC(=O)C(C)(N)CCCN1CCc2ccccc2C1. The minimum absolute atomic E-state index is 0.332. The van der Waals surface area contributed by atoms with Crippen molar-refractivity contribution in [2.45, 2.75) is 38.3 Å². The zero-order valence-corrected chi connectivity index (χ0v) is 12.4. The van der Waals surface area contributed by atoms with Gasteiger partial charge in [0, 0.05) is 13.1 Å². The minimum atomic E-state index is -0.873. The number of nitrogens with two attached hydrogens (primary N) is 1. The van der Waals surface area contributed by atoms with Crippen LogP contribution in [0.2, 0.25) is 0 Å². The fourth-order valence-electron chi connectivity index (χ4n) is 2.75. The van der Waals surface area contributed by atoms with Gasteiger partial charge in [0.2, 0.25) is 0 Å². The van der Waals surface area contributed by atoms with E-state index < -0.39 is 5.54 Å². The summed E-state index contributed by atoms with van der Waals surface area (Å²) in [6, 6.07) is 8.60. The second-order valence-corrected chi connectivity index (χ2v) is 5.81. The summed E-state index contributed by atoms with van der Waals surface area (Å²) in [7, 11) is 1.38. The zero-order valence-electron chi connectivity index (χ0n) is 12.4. The largest absolute Gasteiger partial charge is 0.468 e. The molecule has 20 heavy (non-hydrogen) atoms. The number of ether oxygens (including phenoxy) is 1. The third kappa shape index (κ3) is 3.58. The number of methoxy groups -OCH3 is 1. The summed E-state index contributed by atoms with van der Waals surface area (Å²) in [6.07, 6.45) is 2.66. The number of esters is 1. The minimum Gasteiger partial charge on any atom is -0.468 e. The van der Waals surface area contributed by atoms with Gasteiger partial charge in [-0.1, -0.05) is 24.3 Å². The van der Waals surface area contributed by atoms with Gasteiger partial charge in [-0.15, -0.1) is 0 Å². The fourth-order valence-corrected chi connectivity index (χ4v) is 2.75. The Morgan fingerprint density at radius 2 is 2.10 bits per heavy atom. The lowest BCUT2D eigenvalue weighted by Crippen LogP contribution is -2.46. The van der Waals surface area contributed by atoms with Crippen molar-refractivity contribution in [3.8, 4) is 0 Å². The Morgan fingerprint density at radius 3 is 2.80 bits per heavy atom. The van der Waals surface area contributed by atoms with E-state index in [2.05, 4.69) is 29.2 Å². The van der Waals surface area contributed by atoms with Gasteiger partial charge in [0.05, 0.1) is 7.11 Å². The lowest BCUT2D eigenvalue weighted by Gasteiger charge is -2.29. The molecular formula is C16H24N2O2. The number of carbonyl (C=O) groups is 1. The Bertz CT molecular complexity index is 471. The Labute approximate surface area is 120 Å². The van der Waals surface area contributed by atoms with E-state index in [1.165, 1.54) is 18.2 Å². The first-order chi connectivity index (χ1) is 9.53. The molecule has 0 fully saturated rings. The van der Waals surface area contributed by atoms with Gasteiger partial charge in [-0.05, 0) is 43.9 Å². The molecule has 0 bridgehead atoms. The van der Waals surface area contributed by atoms with E-state index >= 15 is 0 Å². The molecule has 0 aliphatic carbocycles. The number of hydrogen-bond donors (Lipinski definition) is 1. The van der Waals surface area contributed by atoms with Gasteiger partial charge in [0.15, 0.2) is 0 Å². The number of fused-ring (bicyclic) bond motifs is 1. The van der Waals surface area contributed by atoms with Crippen LogP contribution in [0.15, 0.2) is 24.3 Å². The first-order valence-corrected chi connectivity index (χ1v) is 7.19. The van der Waals surface area contributed by atoms with E-state index in [9.17, 15) is 4.79 Å². The normalized spacial score (nSPS) is 18.1. The molecule has 1 heterocycles. The maximum Gasteiger partial charge on any atom is 0.325 e. The maximum absolute atomic E-state index is 11.5. The molecule has 4 nitrogen and oxygen atoms in total. The van der Waals surface area contributed by atoms with Crippen molar-refractivity contribution >= 4 is 5.97 Å². The molecule has 110 valence electrons. The number of rotatable bonds is 5. The summed E-state index contributed by atoms with van der Waals surface area (Å²) in [5, 5.41) is 0. The molecule has 1 aromatic rings. The number of benzene rings is 1. The first kappa shape index (κ1) is 15.0. The van der Waals surface area contributed by atoms with Crippen LogP contribution in [0.5, 0.6) is 0 Å². The van der Waals surface area contributed by atoms with Crippen molar-refractivity contribution in [1.82, 2.24) is 4.90 Å². The Hall–Kier alpha value is -1.39. The van der Waals surface area contributed by atoms with Crippen LogP contribution in [0.1, 0.15) is 30.9 Å². The highest BCUT2D eigenvalue weighted by molar-refractivity contribution is 5.79. The third-order valence-corrected chi connectivity index (χ3v) is 4.03. The van der Waals surface area contributed by atoms with Crippen LogP contribution in [0, 0.1) is 0 Å². The van der Waals surface area contributed by atoms with E-state index in [-0.39, 0.29) is 5.97 Å². The van der Waals surface area contributed by atoms with Crippen molar-refractivity contribution < 1.29 is 9.53 Å². The molecule has 0 aromatic heterocycles. The van der Waals surface area contributed by atoms with E-state index in [4.69, 9.17) is 10.5 Å². The molecule has 1 aromatic carbocycles.